The van der Waals surface area contributed by atoms with Crippen molar-refractivity contribution < 1.29 is 28.2 Å². The first-order valence-electron chi connectivity index (χ1n) is 13.4. The molecule has 0 saturated carbocycles. The van der Waals surface area contributed by atoms with Gasteiger partial charge in [0.05, 0.1) is 44.6 Å². The van der Waals surface area contributed by atoms with Crippen LogP contribution in [0.25, 0.3) is 5.70 Å². The number of methoxy groups -OCH3 is 2. The predicted molar refractivity (Wildman–Crippen MR) is 160 cm³/mol. The number of halogens is 1. The van der Waals surface area contributed by atoms with Crippen molar-refractivity contribution in [3.05, 3.63) is 112 Å². The number of carbonyl (C=O) groups is 2. The van der Waals surface area contributed by atoms with Crippen molar-refractivity contribution in [1.82, 2.24) is 10.2 Å². The zero-order valence-corrected chi connectivity index (χ0v) is 24.2. The van der Waals surface area contributed by atoms with E-state index >= 15 is 0 Å². The van der Waals surface area contributed by atoms with E-state index in [4.69, 9.17) is 19.2 Å². The number of hydrogen-bond acceptors (Lipinski definition) is 8. The van der Waals surface area contributed by atoms with Gasteiger partial charge in [0, 0.05) is 23.4 Å². The van der Waals surface area contributed by atoms with Crippen molar-refractivity contribution in [2.24, 2.45) is 4.99 Å². The summed E-state index contributed by atoms with van der Waals surface area (Å²) >= 11 is 1.37. The molecular formula is C32H30FN3O5S. The van der Waals surface area contributed by atoms with Crippen molar-refractivity contribution in [3.63, 3.8) is 0 Å². The van der Waals surface area contributed by atoms with Gasteiger partial charge >= 0.3 is 5.97 Å². The van der Waals surface area contributed by atoms with E-state index in [2.05, 4.69) is 5.32 Å². The van der Waals surface area contributed by atoms with Crippen LogP contribution in [0.4, 0.5) is 4.39 Å². The van der Waals surface area contributed by atoms with Gasteiger partial charge in [-0.2, -0.15) is 0 Å². The number of esters is 1. The van der Waals surface area contributed by atoms with Crippen LogP contribution >= 0.6 is 11.8 Å². The van der Waals surface area contributed by atoms with Crippen molar-refractivity contribution in [1.29, 1.82) is 0 Å². The van der Waals surface area contributed by atoms with Crippen molar-refractivity contribution in [3.8, 4) is 11.5 Å². The molecule has 1 atom stereocenters. The van der Waals surface area contributed by atoms with Gasteiger partial charge in [-0.05, 0) is 36.1 Å². The number of amidine groups is 1. The molecule has 2 aliphatic heterocycles. The van der Waals surface area contributed by atoms with E-state index in [0.29, 0.717) is 39.2 Å². The first-order chi connectivity index (χ1) is 20.4. The van der Waals surface area contributed by atoms with E-state index in [1.54, 1.807) is 39.3 Å². The lowest BCUT2D eigenvalue weighted by molar-refractivity contribution is -0.139. The van der Waals surface area contributed by atoms with E-state index in [1.807, 2.05) is 52.8 Å². The van der Waals surface area contributed by atoms with Crippen LogP contribution in [0.3, 0.4) is 0 Å². The van der Waals surface area contributed by atoms with E-state index < -0.39 is 12.0 Å². The summed E-state index contributed by atoms with van der Waals surface area (Å²) in [5.74, 6) is -0.143. The van der Waals surface area contributed by atoms with Crippen molar-refractivity contribution in [2.45, 2.75) is 25.9 Å². The number of rotatable bonds is 10. The van der Waals surface area contributed by atoms with Crippen LogP contribution in [0.1, 0.15) is 36.1 Å². The number of fused-ring (bicyclic) bond motifs is 1. The number of para-hydroxylation sites is 1. The average Bonchev–Trinajstić information content (AvgIpc) is 3.41. The van der Waals surface area contributed by atoms with Crippen LogP contribution in [0, 0.1) is 5.82 Å². The monoisotopic (exact) mass is 587 g/mol. The van der Waals surface area contributed by atoms with Gasteiger partial charge in [-0.25, -0.2) is 14.2 Å². The summed E-state index contributed by atoms with van der Waals surface area (Å²) in [6.07, 6.45) is 0.0206. The van der Waals surface area contributed by atoms with Gasteiger partial charge < -0.3 is 24.4 Å². The Morgan fingerprint density at radius 2 is 1.76 bits per heavy atom. The number of nitrogens with one attached hydrogen (secondary N) is 1. The molecule has 0 spiro atoms. The summed E-state index contributed by atoms with van der Waals surface area (Å²) in [5.41, 5.74) is 3.64. The average molecular weight is 588 g/mol. The first kappa shape index (κ1) is 28.9. The minimum absolute atomic E-state index is 0.0206. The number of ether oxygens (including phenoxy) is 3. The summed E-state index contributed by atoms with van der Waals surface area (Å²) < 4.78 is 30.3. The molecule has 3 aromatic rings. The Balaban J connectivity index is 1.57. The summed E-state index contributed by atoms with van der Waals surface area (Å²) in [7, 11) is 3.10. The summed E-state index contributed by atoms with van der Waals surface area (Å²) in [6, 6.07) is 20.2. The molecule has 0 fully saturated rings. The minimum atomic E-state index is -0.733. The molecule has 0 saturated heterocycles. The fourth-order valence-electron chi connectivity index (χ4n) is 4.94. The summed E-state index contributed by atoms with van der Waals surface area (Å²) in [4.78, 5) is 33.7. The minimum Gasteiger partial charge on any atom is -0.493 e. The molecular weight excluding hydrogens is 557 g/mol. The Bertz CT molecular complexity index is 1570. The maximum atomic E-state index is 13.7. The van der Waals surface area contributed by atoms with Crippen LogP contribution in [-0.4, -0.2) is 42.8 Å². The fraction of sp³-hybridized carbons (Fsp3) is 0.219. The second-order valence-electron chi connectivity index (χ2n) is 9.41. The maximum absolute atomic E-state index is 13.7. The molecule has 0 unspecified atom stereocenters. The van der Waals surface area contributed by atoms with Crippen LogP contribution in [0.5, 0.6) is 11.5 Å². The maximum Gasteiger partial charge on any atom is 0.338 e. The fourth-order valence-corrected chi connectivity index (χ4v) is 5.86. The largest absolute Gasteiger partial charge is 0.493 e. The Morgan fingerprint density at radius 1 is 1.00 bits per heavy atom. The van der Waals surface area contributed by atoms with Gasteiger partial charge in [-0.3, -0.25) is 4.79 Å². The number of aliphatic imine (C=N–C) groups is 1. The highest BCUT2D eigenvalue weighted by Gasteiger charge is 2.43. The Morgan fingerprint density at radius 3 is 2.45 bits per heavy atom. The SMILES string of the molecule is CCOC(=O)C1=C(c2ccccc2)N=C2SC=C(CC(=O)NCc3ccc(F)cc3)N2[C@@H]1c1cccc(OC)c1OC. The zero-order valence-electron chi connectivity index (χ0n) is 23.4. The second-order valence-corrected chi connectivity index (χ2v) is 10.2. The van der Waals surface area contributed by atoms with E-state index in [0.717, 1.165) is 11.1 Å². The molecule has 3 aromatic carbocycles. The highest BCUT2D eigenvalue weighted by molar-refractivity contribution is 8.16. The van der Waals surface area contributed by atoms with Crippen LogP contribution < -0.4 is 14.8 Å². The van der Waals surface area contributed by atoms with E-state index in [9.17, 15) is 14.0 Å². The number of hydrogen-bond donors (Lipinski definition) is 1. The molecule has 0 aliphatic carbocycles. The lowest BCUT2D eigenvalue weighted by atomic mass is 9.90. The van der Waals surface area contributed by atoms with Gasteiger partial charge in [0.25, 0.3) is 0 Å². The molecule has 1 amide bonds. The van der Waals surface area contributed by atoms with Gasteiger partial charge in [-0.1, -0.05) is 66.4 Å². The normalized spacial score (nSPS) is 15.9. The van der Waals surface area contributed by atoms with E-state index in [-0.39, 0.29) is 31.3 Å². The van der Waals surface area contributed by atoms with Crippen LogP contribution in [-0.2, 0) is 20.9 Å². The smallest absolute Gasteiger partial charge is 0.338 e. The lowest BCUT2D eigenvalue weighted by Crippen LogP contribution is -2.38. The lowest BCUT2D eigenvalue weighted by Gasteiger charge is -2.37. The molecule has 0 aromatic heterocycles. The topological polar surface area (TPSA) is 89.5 Å². The molecule has 10 heteroatoms. The molecule has 0 radical (unpaired) electrons. The highest BCUT2D eigenvalue weighted by atomic mass is 32.2. The number of benzene rings is 3. The Labute approximate surface area is 247 Å². The molecule has 0 bridgehead atoms. The van der Waals surface area contributed by atoms with Crippen molar-refractivity contribution in [2.75, 3.05) is 20.8 Å². The standard InChI is InChI=1S/C32H30FN3O5S/c1-4-41-31(38)27-28(21-9-6-5-7-10-21)35-32-36(29(27)24-11-8-12-25(39-2)30(24)40-3)23(19-42-32)17-26(37)34-18-20-13-15-22(33)16-14-20/h5-16,19,29H,4,17-18H2,1-3H3,(H,34,37)/t29-/m1/s1. The van der Waals surface area contributed by atoms with Gasteiger partial charge in [0.2, 0.25) is 5.91 Å². The molecule has 42 heavy (non-hydrogen) atoms. The second kappa shape index (κ2) is 12.9. The third-order valence-corrected chi connectivity index (χ3v) is 7.71. The number of nitrogens with zero attached hydrogens (tertiary/aromatic N) is 2. The molecule has 216 valence electrons. The number of amides is 1. The zero-order chi connectivity index (χ0) is 29.6. The molecule has 5 rings (SSSR count). The first-order valence-corrected chi connectivity index (χ1v) is 14.3. The van der Waals surface area contributed by atoms with Gasteiger partial charge in [0.1, 0.15) is 5.82 Å². The Hall–Kier alpha value is -4.57. The van der Waals surface area contributed by atoms with E-state index in [1.165, 1.54) is 23.9 Å². The quantitative estimate of drug-likeness (QED) is 0.299. The number of carbonyl (C=O) groups excluding carboxylic acids is 2. The Kier molecular flexibility index (Phi) is 8.92. The third-order valence-electron chi connectivity index (χ3n) is 6.83. The predicted octanol–water partition coefficient (Wildman–Crippen LogP) is 5.82. The van der Waals surface area contributed by atoms with Crippen LogP contribution in [0.15, 0.2) is 94.5 Å². The molecule has 1 N–H and O–H groups in total. The van der Waals surface area contributed by atoms with Gasteiger partial charge in [0.15, 0.2) is 16.7 Å². The summed E-state index contributed by atoms with van der Waals surface area (Å²) in [6.45, 7) is 2.17. The highest BCUT2D eigenvalue weighted by Crippen LogP contribution is 2.50. The summed E-state index contributed by atoms with van der Waals surface area (Å²) in [5, 5.41) is 5.38. The third kappa shape index (κ3) is 5.89. The van der Waals surface area contributed by atoms with Crippen LogP contribution in [0.2, 0.25) is 0 Å². The molecule has 2 aliphatic rings. The number of thioether (sulfide) groups is 1. The van der Waals surface area contributed by atoms with Crippen molar-refractivity contribution >= 4 is 34.5 Å². The van der Waals surface area contributed by atoms with Gasteiger partial charge in [-0.15, -0.1) is 0 Å². The molecule has 2 heterocycles. The molecule has 8 nitrogen and oxygen atoms in total.